The van der Waals surface area contributed by atoms with Gasteiger partial charge in [-0.1, -0.05) is 85.2 Å². The zero-order chi connectivity index (χ0) is 54.8. The molecule has 0 bridgehead atoms. The number of carbonyl (C=O) groups excluding carboxylic acids is 10. The molecule has 0 aliphatic carbocycles. The molecule has 0 aromatic heterocycles. The maximum Gasteiger partial charge on any atom is 0.328 e. The Kier molecular flexibility index (Phi) is 27.7. The van der Waals surface area contributed by atoms with E-state index in [0.29, 0.717) is 18.4 Å². The highest BCUT2D eigenvalue weighted by molar-refractivity contribution is 5.99. The molecule has 0 saturated carbocycles. The Morgan fingerprint density at radius 1 is 0.726 bits per heavy atom. The minimum absolute atomic E-state index is 0.0160. The first kappa shape index (κ1) is 62.4. The van der Waals surface area contributed by atoms with Crippen molar-refractivity contribution in [3.05, 3.63) is 35.9 Å². The van der Waals surface area contributed by atoms with Crippen LogP contribution in [0.25, 0.3) is 0 Å². The molecule has 1 aromatic rings. The molecule has 1 saturated heterocycles. The molecule has 0 radical (unpaired) electrons. The number of primary amides is 1. The van der Waals surface area contributed by atoms with Gasteiger partial charge in [-0.15, -0.1) is 0 Å². The lowest BCUT2D eigenvalue weighted by molar-refractivity contribution is -0.151. The number of esters is 1. The molecule has 1 heterocycles. The van der Waals surface area contributed by atoms with Crippen LogP contribution < -0.4 is 54.0 Å². The van der Waals surface area contributed by atoms with Crippen molar-refractivity contribution in [2.24, 2.45) is 29.2 Å². The number of cyclic esters (lactones) is 1. The molecule has 1 unspecified atom stereocenters. The quantitative estimate of drug-likeness (QED) is 0.0322. The van der Waals surface area contributed by atoms with Crippen LogP contribution in [0.15, 0.2) is 30.3 Å². The topological polar surface area (TPSA) is 384 Å². The fraction of sp³-hybridized carbons (Fsp3) is 0.646. The Morgan fingerprint density at radius 3 is 1.90 bits per heavy atom. The SMILES string of the molecule is CCC(C)[C@H](NC(=O)COCCOCCNC(=O)[C@@H](N)CC)C(=O)N[C@@H](CC(N)=O)C(=O)N[C@H]1COC(=O)[C@H](CC(C)C)NC(=O)[C@H](CC(C)C)NC(=O)[C@H](Cc2ccccc2)NC(=O)[C@H](CC(=O)O)NC1=O. The zero-order valence-corrected chi connectivity index (χ0v) is 42.7. The molecular weight excluding hydrogens is 957 g/mol. The Morgan fingerprint density at radius 2 is 1.30 bits per heavy atom. The second kappa shape index (κ2) is 32.4. The van der Waals surface area contributed by atoms with Gasteiger partial charge in [0.15, 0.2) is 0 Å². The third kappa shape index (κ3) is 23.6. The number of hydrogen-bond acceptors (Lipinski definition) is 15. The molecule has 25 heteroatoms. The third-order valence-electron chi connectivity index (χ3n) is 11.4. The number of nitrogens with one attached hydrogen (secondary N) is 8. The van der Waals surface area contributed by atoms with E-state index < -0.39 is 140 Å². The number of benzene rings is 1. The van der Waals surface area contributed by atoms with Gasteiger partial charge in [-0.3, -0.25) is 47.9 Å². The van der Waals surface area contributed by atoms with Gasteiger partial charge in [-0.2, -0.15) is 0 Å². The van der Waals surface area contributed by atoms with Crippen molar-refractivity contribution in [1.82, 2.24) is 42.5 Å². The standard InChI is InChI=1S/C48H76N10O15/c1-8-28(7)40(58-38(60)25-72-18-17-71-16-15-51-41(63)30(49)9-2)47(69)55-33(22-37(50)59)44(66)57-36-24-73-48(70)35(20-27(5)6)56-42(64)31(19-26(3)4)52-43(65)32(21-29-13-11-10-12-14-29)53-45(67)34(23-39(61)62)54-46(36)68/h10-14,26-28,30-36,40H,8-9,15-25,49H2,1-7H3,(H2,50,59)(H,51,63)(H,52,65)(H,53,67)(H,54,68)(H,55,69)(H,56,64)(H,57,66)(H,58,60)(H,61,62)/t28?,30-,31-,32-,33-,34-,35-,36-,40-/m0/s1. The summed E-state index contributed by atoms with van der Waals surface area (Å²) < 4.78 is 16.3. The van der Waals surface area contributed by atoms with Gasteiger partial charge < -0.3 is 73.3 Å². The number of aliphatic carboxylic acids is 1. The third-order valence-corrected chi connectivity index (χ3v) is 11.4. The molecule has 73 heavy (non-hydrogen) atoms. The van der Waals surface area contributed by atoms with E-state index in [1.54, 1.807) is 78.8 Å². The van der Waals surface area contributed by atoms with Crippen molar-refractivity contribution < 1.29 is 72.1 Å². The minimum atomic E-state index is -1.96. The van der Waals surface area contributed by atoms with E-state index in [2.05, 4.69) is 42.5 Å². The number of carboxylic acids is 1. The van der Waals surface area contributed by atoms with Gasteiger partial charge in [0.25, 0.3) is 0 Å². The Hall–Kier alpha value is -6.73. The van der Waals surface area contributed by atoms with Gasteiger partial charge in [-0.05, 0) is 42.6 Å². The Balaban J connectivity index is 2.45. The molecule has 0 spiro atoms. The predicted molar refractivity (Wildman–Crippen MR) is 262 cm³/mol. The van der Waals surface area contributed by atoms with Crippen molar-refractivity contribution in [3.63, 3.8) is 0 Å². The summed E-state index contributed by atoms with van der Waals surface area (Å²) in [6.07, 6.45) is -1.10. The lowest BCUT2D eigenvalue weighted by Gasteiger charge is -2.29. The molecular formula is C48H76N10O15. The summed E-state index contributed by atoms with van der Waals surface area (Å²) in [6, 6.07) is -3.19. The van der Waals surface area contributed by atoms with E-state index in [4.69, 9.17) is 25.7 Å². The maximum atomic E-state index is 14.1. The fourth-order valence-corrected chi connectivity index (χ4v) is 7.18. The molecule has 2 rings (SSSR count). The first-order valence-corrected chi connectivity index (χ1v) is 24.5. The highest BCUT2D eigenvalue weighted by atomic mass is 16.5. The average Bonchev–Trinajstić information content (AvgIpc) is 3.32. The Labute approximate surface area is 425 Å². The summed E-state index contributed by atoms with van der Waals surface area (Å²) >= 11 is 0. The minimum Gasteiger partial charge on any atom is -0.481 e. The molecule has 1 aromatic carbocycles. The van der Waals surface area contributed by atoms with Gasteiger partial charge in [-0.25, -0.2) is 4.79 Å². The van der Waals surface area contributed by atoms with E-state index in [1.165, 1.54) is 0 Å². The van der Waals surface area contributed by atoms with Crippen LogP contribution in [-0.4, -0.2) is 158 Å². The molecule has 13 N–H and O–H groups in total. The smallest absolute Gasteiger partial charge is 0.328 e. The van der Waals surface area contributed by atoms with Crippen molar-refractivity contribution >= 4 is 65.1 Å². The monoisotopic (exact) mass is 1030 g/mol. The van der Waals surface area contributed by atoms with E-state index in [1.807, 2.05) is 0 Å². The molecule has 1 fully saturated rings. The molecule has 9 amide bonds. The first-order valence-electron chi connectivity index (χ1n) is 24.5. The number of amides is 9. The number of ether oxygens (including phenoxy) is 3. The highest BCUT2D eigenvalue weighted by Gasteiger charge is 2.38. The number of rotatable bonds is 27. The van der Waals surface area contributed by atoms with Crippen molar-refractivity contribution in [2.45, 2.75) is 142 Å². The maximum absolute atomic E-state index is 14.1. The van der Waals surface area contributed by atoms with Crippen LogP contribution in [0.3, 0.4) is 0 Å². The Bertz CT molecular complexity index is 2040. The first-order chi connectivity index (χ1) is 34.4. The van der Waals surface area contributed by atoms with Crippen molar-refractivity contribution in [3.8, 4) is 0 Å². The van der Waals surface area contributed by atoms with Crippen LogP contribution in [0.5, 0.6) is 0 Å². The number of carbonyl (C=O) groups is 11. The van der Waals surface area contributed by atoms with Crippen molar-refractivity contribution in [1.29, 1.82) is 0 Å². The van der Waals surface area contributed by atoms with Crippen LogP contribution in [-0.2, 0) is 73.4 Å². The number of nitrogens with two attached hydrogens (primary N) is 2. The van der Waals surface area contributed by atoms with Crippen molar-refractivity contribution in [2.75, 3.05) is 39.6 Å². The largest absolute Gasteiger partial charge is 0.481 e. The van der Waals surface area contributed by atoms with Gasteiger partial charge >= 0.3 is 11.9 Å². The lowest BCUT2D eigenvalue weighted by atomic mass is 9.97. The van der Waals surface area contributed by atoms with Crippen LogP contribution >= 0.6 is 0 Å². The summed E-state index contributed by atoms with van der Waals surface area (Å²) in [5.41, 5.74) is 11.7. The van der Waals surface area contributed by atoms with E-state index in [0.717, 1.165) is 0 Å². The second-order valence-electron chi connectivity index (χ2n) is 18.6. The highest BCUT2D eigenvalue weighted by Crippen LogP contribution is 2.14. The summed E-state index contributed by atoms with van der Waals surface area (Å²) in [5, 5.41) is 29.7. The van der Waals surface area contributed by atoms with Gasteiger partial charge in [0.05, 0.1) is 38.7 Å². The molecule has 9 atom stereocenters. The lowest BCUT2D eigenvalue weighted by Crippen LogP contribution is -2.62. The fourth-order valence-electron chi connectivity index (χ4n) is 7.18. The predicted octanol–water partition coefficient (Wildman–Crippen LogP) is -2.45. The van der Waals surface area contributed by atoms with Crippen LogP contribution in [0, 0.1) is 17.8 Å². The normalized spacial score (nSPS) is 20.7. The summed E-state index contributed by atoms with van der Waals surface area (Å²) in [7, 11) is 0. The van der Waals surface area contributed by atoms with E-state index >= 15 is 0 Å². The summed E-state index contributed by atoms with van der Waals surface area (Å²) in [6.45, 7) is 11.2. The molecule has 408 valence electrons. The van der Waals surface area contributed by atoms with Gasteiger partial charge in [0.1, 0.15) is 55.5 Å². The summed E-state index contributed by atoms with van der Waals surface area (Å²) in [4.78, 5) is 147. The average molecular weight is 1030 g/mol. The molecule has 1 aliphatic heterocycles. The van der Waals surface area contributed by atoms with Gasteiger partial charge in [0.2, 0.25) is 53.2 Å². The molecule has 25 nitrogen and oxygen atoms in total. The van der Waals surface area contributed by atoms with E-state index in [-0.39, 0.29) is 63.4 Å². The number of carboxylic acid groups (broad SMARTS) is 1. The van der Waals surface area contributed by atoms with Gasteiger partial charge in [0, 0.05) is 13.0 Å². The van der Waals surface area contributed by atoms with Crippen LogP contribution in [0.4, 0.5) is 0 Å². The molecule has 1 aliphatic rings. The zero-order valence-electron chi connectivity index (χ0n) is 42.7. The van der Waals surface area contributed by atoms with Crippen LogP contribution in [0.1, 0.15) is 92.6 Å². The van der Waals surface area contributed by atoms with Crippen LogP contribution in [0.2, 0.25) is 0 Å². The summed E-state index contributed by atoms with van der Waals surface area (Å²) in [5.74, 6) is -11.9. The van der Waals surface area contributed by atoms with E-state index in [9.17, 15) is 57.8 Å². The second-order valence-corrected chi connectivity index (χ2v) is 18.6. The number of hydrogen-bond donors (Lipinski definition) is 11.